The van der Waals surface area contributed by atoms with E-state index in [1.807, 2.05) is 25.1 Å². The van der Waals surface area contributed by atoms with Crippen molar-refractivity contribution >= 4 is 17.5 Å². The maximum Gasteiger partial charge on any atom is 0.260 e. The van der Waals surface area contributed by atoms with E-state index in [1.54, 1.807) is 31.2 Å². The summed E-state index contributed by atoms with van der Waals surface area (Å²) in [6.45, 7) is 3.74. The van der Waals surface area contributed by atoms with Crippen molar-refractivity contribution < 1.29 is 9.53 Å². The van der Waals surface area contributed by atoms with Gasteiger partial charge in [-0.2, -0.15) is 0 Å². The standard InChI is InChI=1S/C19H22ClNO2/c1-14(11-12-16-7-4-3-5-8-16)21-19(22)15(2)23-18-10-6-9-17(20)13-18/h3-10,13-15H,11-12H2,1-2H3,(H,21,22). The number of nitrogens with one attached hydrogen (secondary N) is 1. The van der Waals surface area contributed by atoms with Gasteiger partial charge in [-0.15, -0.1) is 0 Å². The van der Waals surface area contributed by atoms with Gasteiger partial charge in [0.1, 0.15) is 5.75 Å². The van der Waals surface area contributed by atoms with Gasteiger partial charge in [0, 0.05) is 11.1 Å². The first-order valence-corrected chi connectivity index (χ1v) is 8.19. The second-order valence-corrected chi connectivity index (χ2v) is 6.09. The van der Waals surface area contributed by atoms with Gasteiger partial charge < -0.3 is 10.1 Å². The Bertz CT molecular complexity index is 630. The average Bonchev–Trinajstić information content (AvgIpc) is 2.54. The first-order valence-electron chi connectivity index (χ1n) is 7.81. The molecule has 3 nitrogen and oxygen atoms in total. The van der Waals surface area contributed by atoms with E-state index in [0.29, 0.717) is 10.8 Å². The third-order valence-electron chi connectivity index (χ3n) is 3.58. The van der Waals surface area contributed by atoms with Crippen molar-refractivity contribution in [2.45, 2.75) is 38.8 Å². The van der Waals surface area contributed by atoms with Crippen LogP contribution in [0.5, 0.6) is 5.75 Å². The third-order valence-corrected chi connectivity index (χ3v) is 3.81. The zero-order chi connectivity index (χ0) is 16.7. The summed E-state index contributed by atoms with van der Waals surface area (Å²) in [5, 5.41) is 3.58. The molecule has 122 valence electrons. The van der Waals surface area contributed by atoms with Crippen LogP contribution in [0.3, 0.4) is 0 Å². The second-order valence-electron chi connectivity index (χ2n) is 5.65. The van der Waals surface area contributed by atoms with Crippen molar-refractivity contribution in [2.24, 2.45) is 0 Å². The van der Waals surface area contributed by atoms with E-state index in [0.717, 1.165) is 12.8 Å². The van der Waals surface area contributed by atoms with Gasteiger partial charge in [0.05, 0.1) is 0 Å². The van der Waals surface area contributed by atoms with Crippen molar-refractivity contribution in [3.8, 4) is 5.75 Å². The van der Waals surface area contributed by atoms with E-state index >= 15 is 0 Å². The van der Waals surface area contributed by atoms with Crippen LogP contribution in [0.4, 0.5) is 0 Å². The molecule has 0 radical (unpaired) electrons. The Labute approximate surface area is 142 Å². The number of hydrogen-bond donors (Lipinski definition) is 1. The summed E-state index contributed by atoms with van der Waals surface area (Å²) in [4.78, 5) is 12.2. The van der Waals surface area contributed by atoms with Crippen LogP contribution < -0.4 is 10.1 Å². The zero-order valence-corrected chi connectivity index (χ0v) is 14.2. The molecule has 0 saturated carbocycles. The molecule has 2 unspecified atom stereocenters. The average molecular weight is 332 g/mol. The van der Waals surface area contributed by atoms with Gasteiger partial charge in [0.2, 0.25) is 0 Å². The molecule has 0 fully saturated rings. The maximum atomic E-state index is 12.2. The molecule has 2 rings (SSSR count). The molecule has 0 aliphatic carbocycles. The number of hydrogen-bond acceptors (Lipinski definition) is 2. The lowest BCUT2D eigenvalue weighted by Gasteiger charge is -2.19. The van der Waals surface area contributed by atoms with Gasteiger partial charge in [-0.25, -0.2) is 0 Å². The first kappa shape index (κ1) is 17.4. The summed E-state index contributed by atoms with van der Waals surface area (Å²) < 4.78 is 5.62. The lowest BCUT2D eigenvalue weighted by molar-refractivity contribution is -0.127. The molecule has 1 N–H and O–H groups in total. The molecule has 0 heterocycles. The topological polar surface area (TPSA) is 38.3 Å². The molecule has 0 aliphatic heterocycles. The Kier molecular flexibility index (Phi) is 6.48. The number of amides is 1. The Morgan fingerprint density at radius 3 is 2.57 bits per heavy atom. The highest BCUT2D eigenvalue weighted by Gasteiger charge is 2.17. The molecule has 2 atom stereocenters. The van der Waals surface area contributed by atoms with Crippen molar-refractivity contribution in [1.29, 1.82) is 0 Å². The van der Waals surface area contributed by atoms with Crippen LogP contribution in [0, 0.1) is 0 Å². The second kappa shape index (κ2) is 8.59. The Hall–Kier alpha value is -2.00. The number of ether oxygens (including phenoxy) is 1. The minimum atomic E-state index is -0.562. The Morgan fingerprint density at radius 1 is 1.13 bits per heavy atom. The van der Waals surface area contributed by atoms with Crippen molar-refractivity contribution in [3.63, 3.8) is 0 Å². The molecule has 23 heavy (non-hydrogen) atoms. The van der Waals surface area contributed by atoms with Crippen LogP contribution >= 0.6 is 11.6 Å². The van der Waals surface area contributed by atoms with Crippen LogP contribution in [0.15, 0.2) is 54.6 Å². The van der Waals surface area contributed by atoms with E-state index in [1.165, 1.54) is 5.56 Å². The summed E-state index contributed by atoms with van der Waals surface area (Å²) in [5.41, 5.74) is 1.27. The van der Waals surface area contributed by atoms with Crippen LogP contribution in [-0.2, 0) is 11.2 Å². The fourth-order valence-electron chi connectivity index (χ4n) is 2.26. The highest BCUT2D eigenvalue weighted by atomic mass is 35.5. The number of halogens is 1. The molecule has 0 bridgehead atoms. The number of aryl methyl sites for hydroxylation is 1. The molecular formula is C19H22ClNO2. The maximum absolute atomic E-state index is 12.2. The van der Waals surface area contributed by atoms with Gasteiger partial charge in [-0.1, -0.05) is 48.0 Å². The largest absolute Gasteiger partial charge is 0.481 e. The first-order chi connectivity index (χ1) is 11.0. The fraction of sp³-hybridized carbons (Fsp3) is 0.316. The molecule has 0 aliphatic rings. The molecule has 4 heteroatoms. The molecule has 2 aromatic rings. The van der Waals surface area contributed by atoms with E-state index in [-0.39, 0.29) is 11.9 Å². The van der Waals surface area contributed by atoms with Crippen molar-refractivity contribution in [1.82, 2.24) is 5.32 Å². The summed E-state index contributed by atoms with van der Waals surface area (Å²) in [6, 6.07) is 17.4. The SMILES string of the molecule is CC(CCc1ccccc1)NC(=O)C(C)Oc1cccc(Cl)c1. The zero-order valence-electron chi connectivity index (χ0n) is 13.5. The minimum absolute atomic E-state index is 0.0908. The number of carbonyl (C=O) groups is 1. The Morgan fingerprint density at radius 2 is 1.87 bits per heavy atom. The van der Waals surface area contributed by atoms with Crippen LogP contribution in [-0.4, -0.2) is 18.1 Å². The number of carbonyl (C=O) groups excluding carboxylic acids is 1. The van der Waals surface area contributed by atoms with Gasteiger partial charge in [-0.3, -0.25) is 4.79 Å². The van der Waals surface area contributed by atoms with Crippen molar-refractivity contribution in [3.05, 3.63) is 65.2 Å². The van der Waals surface area contributed by atoms with Crippen LogP contribution in [0.2, 0.25) is 5.02 Å². The summed E-state index contributed by atoms with van der Waals surface area (Å²) in [6.07, 6.45) is 1.26. The highest BCUT2D eigenvalue weighted by Crippen LogP contribution is 2.18. The summed E-state index contributed by atoms with van der Waals surface area (Å²) in [7, 11) is 0. The molecule has 0 spiro atoms. The minimum Gasteiger partial charge on any atom is -0.481 e. The van der Waals surface area contributed by atoms with E-state index in [2.05, 4.69) is 17.4 Å². The van der Waals surface area contributed by atoms with E-state index < -0.39 is 6.10 Å². The quantitative estimate of drug-likeness (QED) is 0.824. The predicted molar refractivity (Wildman–Crippen MR) is 93.9 cm³/mol. The molecule has 2 aromatic carbocycles. The van der Waals surface area contributed by atoms with Gasteiger partial charge in [-0.05, 0) is 50.5 Å². The number of benzene rings is 2. The predicted octanol–water partition coefficient (Wildman–Crippen LogP) is 4.24. The van der Waals surface area contributed by atoms with Gasteiger partial charge >= 0.3 is 0 Å². The van der Waals surface area contributed by atoms with E-state index in [9.17, 15) is 4.79 Å². The van der Waals surface area contributed by atoms with Crippen molar-refractivity contribution in [2.75, 3.05) is 0 Å². The summed E-state index contributed by atoms with van der Waals surface area (Å²) in [5.74, 6) is 0.475. The monoisotopic (exact) mass is 331 g/mol. The van der Waals surface area contributed by atoms with Gasteiger partial charge in [0.15, 0.2) is 6.10 Å². The van der Waals surface area contributed by atoms with Gasteiger partial charge in [0.25, 0.3) is 5.91 Å². The fourth-order valence-corrected chi connectivity index (χ4v) is 2.44. The molecular weight excluding hydrogens is 310 g/mol. The summed E-state index contributed by atoms with van der Waals surface area (Å²) >= 11 is 5.91. The molecule has 0 saturated heterocycles. The number of rotatable bonds is 7. The van der Waals surface area contributed by atoms with Crippen LogP contribution in [0.25, 0.3) is 0 Å². The lowest BCUT2D eigenvalue weighted by atomic mass is 10.1. The third kappa shape index (κ3) is 5.95. The smallest absolute Gasteiger partial charge is 0.260 e. The normalized spacial score (nSPS) is 13.2. The Balaban J connectivity index is 1.78. The lowest BCUT2D eigenvalue weighted by Crippen LogP contribution is -2.41. The van der Waals surface area contributed by atoms with Crippen LogP contribution in [0.1, 0.15) is 25.8 Å². The molecule has 0 aromatic heterocycles. The van der Waals surface area contributed by atoms with E-state index in [4.69, 9.17) is 16.3 Å². The highest BCUT2D eigenvalue weighted by molar-refractivity contribution is 6.30. The molecule has 1 amide bonds.